The van der Waals surface area contributed by atoms with E-state index in [4.69, 9.17) is 0 Å². The molecule has 1 N–H and O–H groups in total. The highest BCUT2D eigenvalue weighted by atomic mass is 19.1. The minimum atomic E-state index is -0.359. The Kier molecular flexibility index (Phi) is 2.32. The van der Waals surface area contributed by atoms with E-state index in [1.165, 1.54) is 6.42 Å². The monoisotopic (exact) mass is 221 g/mol. The van der Waals surface area contributed by atoms with Crippen LogP contribution in [0.5, 0.6) is 0 Å². The van der Waals surface area contributed by atoms with Crippen LogP contribution < -0.4 is 10.2 Å². The molecule has 1 aromatic heterocycles. The Bertz CT molecular complexity index is 395. The largest absolute Gasteiger partial charge is 0.368 e. The van der Waals surface area contributed by atoms with Crippen LogP contribution in [0, 0.1) is 18.8 Å². The highest BCUT2D eigenvalue weighted by Crippen LogP contribution is 2.27. The van der Waals surface area contributed by atoms with E-state index in [-0.39, 0.29) is 5.95 Å². The van der Waals surface area contributed by atoms with Gasteiger partial charge in [0.1, 0.15) is 0 Å². The van der Waals surface area contributed by atoms with E-state index in [0.717, 1.165) is 31.2 Å². The van der Waals surface area contributed by atoms with Crippen molar-refractivity contribution in [3.05, 3.63) is 23.8 Å². The molecule has 3 heterocycles. The number of hydrogen-bond acceptors (Lipinski definition) is 3. The number of hydrogen-bond donors (Lipinski definition) is 1. The van der Waals surface area contributed by atoms with Crippen molar-refractivity contribution in [2.45, 2.75) is 19.4 Å². The van der Waals surface area contributed by atoms with Gasteiger partial charge in [0.25, 0.3) is 0 Å². The fraction of sp³-hybridized carbons (Fsp3) is 0.583. The van der Waals surface area contributed by atoms with Crippen molar-refractivity contribution < 1.29 is 4.39 Å². The SMILES string of the molecule is Cc1cc(N2CC3C[C@H](CN3)C2)cnc1F. The molecule has 0 aliphatic carbocycles. The van der Waals surface area contributed by atoms with Crippen molar-refractivity contribution >= 4 is 5.69 Å². The summed E-state index contributed by atoms with van der Waals surface area (Å²) in [5.41, 5.74) is 1.68. The molecule has 16 heavy (non-hydrogen) atoms. The van der Waals surface area contributed by atoms with Gasteiger partial charge in [-0.1, -0.05) is 0 Å². The number of rotatable bonds is 1. The van der Waals surface area contributed by atoms with Gasteiger partial charge in [0, 0.05) is 31.2 Å². The summed E-state index contributed by atoms with van der Waals surface area (Å²) in [4.78, 5) is 6.11. The molecule has 2 saturated heterocycles. The molecule has 0 aromatic carbocycles. The molecule has 1 unspecified atom stereocenters. The Morgan fingerprint density at radius 1 is 1.50 bits per heavy atom. The Balaban J connectivity index is 1.84. The Morgan fingerprint density at radius 2 is 2.38 bits per heavy atom. The second-order valence-corrected chi connectivity index (χ2v) is 4.91. The third-order valence-electron chi connectivity index (χ3n) is 3.60. The summed E-state index contributed by atoms with van der Waals surface area (Å²) in [5, 5.41) is 3.51. The molecular formula is C12H16FN3. The first-order chi connectivity index (χ1) is 7.72. The Labute approximate surface area is 94.7 Å². The standard InChI is InChI=1S/C12H16FN3/c1-8-2-11(5-15-12(8)13)16-6-9-3-10(7-16)14-4-9/h2,5,9-10,14H,3-4,6-7H2,1H3/t9-,10?/m1/s1. The molecule has 0 amide bonds. The van der Waals surface area contributed by atoms with Gasteiger partial charge in [0.05, 0.1) is 11.9 Å². The van der Waals surface area contributed by atoms with Gasteiger partial charge >= 0.3 is 0 Å². The molecule has 0 saturated carbocycles. The lowest BCUT2D eigenvalue weighted by Crippen LogP contribution is -2.41. The predicted molar refractivity (Wildman–Crippen MR) is 61.0 cm³/mol. The quantitative estimate of drug-likeness (QED) is 0.725. The average molecular weight is 221 g/mol. The summed E-state index contributed by atoms with van der Waals surface area (Å²) in [6, 6.07) is 2.50. The summed E-state index contributed by atoms with van der Waals surface area (Å²) in [6.07, 6.45) is 2.93. The Hall–Kier alpha value is -1.16. The van der Waals surface area contributed by atoms with Gasteiger partial charge in [0.2, 0.25) is 5.95 Å². The zero-order valence-corrected chi connectivity index (χ0v) is 9.41. The normalized spacial score (nSPS) is 28.5. The summed E-state index contributed by atoms with van der Waals surface area (Å²) in [5.74, 6) is 0.381. The van der Waals surface area contributed by atoms with E-state index in [1.807, 2.05) is 6.07 Å². The number of halogens is 1. The first kappa shape index (κ1) is 10.0. The van der Waals surface area contributed by atoms with Gasteiger partial charge in [-0.05, 0) is 25.3 Å². The molecule has 2 aliphatic heterocycles. The van der Waals surface area contributed by atoms with Crippen LogP contribution in [0.4, 0.5) is 10.1 Å². The smallest absolute Gasteiger partial charge is 0.215 e. The van der Waals surface area contributed by atoms with E-state index in [9.17, 15) is 4.39 Å². The molecule has 3 nitrogen and oxygen atoms in total. The second-order valence-electron chi connectivity index (χ2n) is 4.91. The van der Waals surface area contributed by atoms with Crippen LogP contribution in [0.2, 0.25) is 0 Å². The van der Waals surface area contributed by atoms with Crippen molar-refractivity contribution in [2.24, 2.45) is 5.92 Å². The average Bonchev–Trinajstić information content (AvgIpc) is 2.62. The third kappa shape index (κ3) is 1.67. The molecular weight excluding hydrogens is 205 g/mol. The van der Waals surface area contributed by atoms with Crippen LogP contribution in [0.25, 0.3) is 0 Å². The summed E-state index contributed by atoms with van der Waals surface area (Å²) in [6.45, 7) is 4.97. The first-order valence-corrected chi connectivity index (χ1v) is 5.83. The van der Waals surface area contributed by atoms with Gasteiger partial charge in [-0.2, -0.15) is 4.39 Å². The fourth-order valence-corrected chi connectivity index (χ4v) is 2.76. The lowest BCUT2D eigenvalue weighted by Gasteiger charge is -2.32. The second kappa shape index (κ2) is 3.70. The van der Waals surface area contributed by atoms with E-state index < -0.39 is 0 Å². The van der Waals surface area contributed by atoms with Crippen molar-refractivity contribution in [1.29, 1.82) is 0 Å². The maximum atomic E-state index is 13.1. The van der Waals surface area contributed by atoms with Crippen LogP contribution in [-0.2, 0) is 0 Å². The highest BCUT2D eigenvalue weighted by Gasteiger charge is 2.32. The van der Waals surface area contributed by atoms with E-state index in [2.05, 4.69) is 15.2 Å². The summed E-state index contributed by atoms with van der Waals surface area (Å²) < 4.78 is 13.1. The van der Waals surface area contributed by atoms with Crippen LogP contribution in [0.1, 0.15) is 12.0 Å². The van der Waals surface area contributed by atoms with E-state index in [0.29, 0.717) is 11.6 Å². The number of aryl methyl sites for hydroxylation is 1. The minimum absolute atomic E-state index is 0.359. The number of pyridine rings is 1. The van der Waals surface area contributed by atoms with Gasteiger partial charge in [-0.15, -0.1) is 0 Å². The third-order valence-corrected chi connectivity index (χ3v) is 3.60. The van der Waals surface area contributed by atoms with Gasteiger partial charge in [-0.3, -0.25) is 0 Å². The van der Waals surface area contributed by atoms with Crippen molar-refractivity contribution in [3.63, 3.8) is 0 Å². The number of anilines is 1. The summed E-state index contributed by atoms with van der Waals surface area (Å²) in [7, 11) is 0. The summed E-state index contributed by atoms with van der Waals surface area (Å²) >= 11 is 0. The fourth-order valence-electron chi connectivity index (χ4n) is 2.76. The van der Waals surface area contributed by atoms with E-state index >= 15 is 0 Å². The first-order valence-electron chi connectivity index (χ1n) is 5.83. The molecule has 3 rings (SSSR count). The van der Waals surface area contributed by atoms with Crippen molar-refractivity contribution in [1.82, 2.24) is 10.3 Å². The molecule has 2 fully saturated rings. The van der Waals surface area contributed by atoms with Crippen LogP contribution in [-0.4, -0.2) is 30.7 Å². The predicted octanol–water partition coefficient (Wildman–Crippen LogP) is 1.33. The van der Waals surface area contributed by atoms with Crippen LogP contribution in [0.3, 0.4) is 0 Å². The molecule has 2 atom stereocenters. The number of nitrogens with one attached hydrogen (secondary N) is 1. The Morgan fingerprint density at radius 3 is 3.12 bits per heavy atom. The molecule has 0 spiro atoms. The molecule has 2 bridgehead atoms. The van der Waals surface area contributed by atoms with Crippen LogP contribution >= 0.6 is 0 Å². The van der Waals surface area contributed by atoms with Gasteiger partial charge in [0.15, 0.2) is 0 Å². The lowest BCUT2D eigenvalue weighted by atomic mass is 9.99. The van der Waals surface area contributed by atoms with Crippen molar-refractivity contribution in [3.8, 4) is 0 Å². The number of nitrogens with zero attached hydrogens (tertiary/aromatic N) is 2. The van der Waals surface area contributed by atoms with Gasteiger partial charge in [-0.25, -0.2) is 4.98 Å². The molecule has 1 aromatic rings. The number of aromatic nitrogens is 1. The zero-order chi connectivity index (χ0) is 11.1. The number of piperidine rings is 1. The van der Waals surface area contributed by atoms with Crippen molar-refractivity contribution in [2.75, 3.05) is 24.5 Å². The maximum absolute atomic E-state index is 13.1. The topological polar surface area (TPSA) is 28.2 Å². The minimum Gasteiger partial charge on any atom is -0.368 e. The molecule has 86 valence electrons. The molecule has 2 aliphatic rings. The van der Waals surface area contributed by atoms with E-state index in [1.54, 1.807) is 13.1 Å². The number of fused-ring (bicyclic) bond motifs is 2. The van der Waals surface area contributed by atoms with Crippen LogP contribution in [0.15, 0.2) is 12.3 Å². The lowest BCUT2D eigenvalue weighted by molar-refractivity contribution is 0.473. The van der Waals surface area contributed by atoms with Gasteiger partial charge < -0.3 is 10.2 Å². The molecule has 4 heteroatoms. The zero-order valence-electron chi connectivity index (χ0n) is 9.41. The maximum Gasteiger partial charge on any atom is 0.215 e. The molecule has 0 radical (unpaired) electrons. The highest BCUT2D eigenvalue weighted by molar-refractivity contribution is 5.47.